The number of aromatic nitrogens is 2. The molecule has 0 radical (unpaired) electrons. The summed E-state index contributed by atoms with van der Waals surface area (Å²) in [6.45, 7) is 1.91. The summed E-state index contributed by atoms with van der Waals surface area (Å²) in [6, 6.07) is 13.2. The van der Waals surface area contributed by atoms with Gasteiger partial charge in [-0.3, -0.25) is 19.5 Å². The number of benzene rings is 2. The number of imide groups is 1. The fourth-order valence-corrected chi connectivity index (χ4v) is 3.99. The number of primary amides is 1. The molecule has 0 spiro atoms. The summed E-state index contributed by atoms with van der Waals surface area (Å²) >= 11 is 1.02. The first-order valence-corrected chi connectivity index (χ1v) is 10.6. The largest absolute Gasteiger partial charge is 0.465 e. The molecular weight excluding hydrogens is 432 g/mol. The third-order valence-electron chi connectivity index (χ3n) is 4.71. The Kier molecular flexibility index (Phi) is 7.26. The number of aryl methyl sites for hydroxylation is 1. The van der Waals surface area contributed by atoms with E-state index in [4.69, 9.17) is 10.5 Å². The number of esters is 1. The molecule has 10 heteroatoms. The van der Waals surface area contributed by atoms with Crippen LogP contribution in [0.4, 0.5) is 4.79 Å². The minimum Gasteiger partial charge on any atom is -0.465 e. The molecule has 3 rings (SSSR count). The monoisotopic (exact) mass is 454 g/mol. The second-order valence-electron chi connectivity index (χ2n) is 6.92. The predicted molar refractivity (Wildman–Crippen MR) is 121 cm³/mol. The van der Waals surface area contributed by atoms with E-state index in [1.54, 1.807) is 6.92 Å². The molecule has 2 aromatic carbocycles. The highest BCUT2D eigenvalue weighted by Crippen LogP contribution is 2.23. The first kappa shape index (κ1) is 23.0. The Morgan fingerprint density at radius 3 is 2.56 bits per heavy atom. The van der Waals surface area contributed by atoms with Crippen molar-refractivity contribution < 1.29 is 19.1 Å². The van der Waals surface area contributed by atoms with Crippen molar-refractivity contribution in [2.75, 3.05) is 7.11 Å². The number of urea groups is 1. The quantitative estimate of drug-likeness (QED) is 0.317. The summed E-state index contributed by atoms with van der Waals surface area (Å²) < 4.78 is 6.23. The van der Waals surface area contributed by atoms with Gasteiger partial charge in [-0.05, 0) is 37.1 Å². The Morgan fingerprint density at radius 2 is 1.91 bits per heavy atom. The fraction of sp³-hybridized carbons (Fsp3) is 0.227. The van der Waals surface area contributed by atoms with E-state index in [1.165, 1.54) is 29.9 Å². The van der Waals surface area contributed by atoms with Crippen LogP contribution in [0.25, 0.3) is 10.9 Å². The Morgan fingerprint density at radius 1 is 1.19 bits per heavy atom. The van der Waals surface area contributed by atoms with Crippen molar-refractivity contribution in [3.8, 4) is 0 Å². The van der Waals surface area contributed by atoms with Crippen LogP contribution in [0.5, 0.6) is 0 Å². The molecule has 0 saturated carbocycles. The maximum Gasteiger partial charge on any atom is 0.337 e. The third-order valence-corrected chi connectivity index (χ3v) is 5.80. The minimum atomic E-state index is -0.960. The highest BCUT2D eigenvalue weighted by atomic mass is 32.2. The number of thioether (sulfide) groups is 1. The van der Waals surface area contributed by atoms with Crippen LogP contribution in [-0.4, -0.2) is 39.8 Å². The van der Waals surface area contributed by atoms with Crippen LogP contribution in [0, 0.1) is 0 Å². The van der Waals surface area contributed by atoms with Crippen molar-refractivity contribution in [3.63, 3.8) is 0 Å². The van der Waals surface area contributed by atoms with E-state index in [-0.39, 0.29) is 16.3 Å². The first-order valence-electron chi connectivity index (χ1n) is 9.74. The van der Waals surface area contributed by atoms with E-state index < -0.39 is 23.2 Å². The molecule has 0 aliphatic carbocycles. The highest BCUT2D eigenvalue weighted by Gasteiger charge is 2.21. The van der Waals surface area contributed by atoms with E-state index >= 15 is 0 Å². The maximum absolute atomic E-state index is 13.3. The van der Waals surface area contributed by atoms with Crippen molar-refractivity contribution in [2.24, 2.45) is 5.73 Å². The van der Waals surface area contributed by atoms with E-state index in [1.807, 2.05) is 35.6 Å². The number of carbonyl (C=O) groups excluding carboxylic acids is 3. The molecule has 3 amide bonds. The van der Waals surface area contributed by atoms with E-state index in [0.29, 0.717) is 23.9 Å². The molecule has 1 aromatic heterocycles. The molecule has 9 nitrogen and oxygen atoms in total. The normalized spacial score (nSPS) is 11.7. The average Bonchev–Trinajstić information content (AvgIpc) is 2.78. The lowest BCUT2D eigenvalue weighted by Crippen LogP contribution is -2.39. The summed E-state index contributed by atoms with van der Waals surface area (Å²) in [5.41, 5.74) is 6.33. The summed E-state index contributed by atoms with van der Waals surface area (Å²) in [5.74, 6) is -1.15. The van der Waals surface area contributed by atoms with E-state index in [2.05, 4.69) is 4.98 Å². The molecule has 1 unspecified atom stereocenters. The zero-order valence-electron chi connectivity index (χ0n) is 17.5. The van der Waals surface area contributed by atoms with Gasteiger partial charge in [0, 0.05) is 6.54 Å². The zero-order valence-corrected chi connectivity index (χ0v) is 18.3. The molecule has 1 heterocycles. The highest BCUT2D eigenvalue weighted by molar-refractivity contribution is 8.00. The molecular formula is C22H22N4O5S. The number of ether oxygens (including phenoxy) is 1. The summed E-state index contributed by atoms with van der Waals surface area (Å²) in [7, 11) is 1.27. The van der Waals surface area contributed by atoms with Crippen molar-refractivity contribution in [1.29, 1.82) is 0 Å². The van der Waals surface area contributed by atoms with Crippen LogP contribution in [0.3, 0.4) is 0 Å². The lowest BCUT2D eigenvalue weighted by molar-refractivity contribution is -0.119. The Balaban J connectivity index is 2.04. The van der Waals surface area contributed by atoms with Crippen LogP contribution >= 0.6 is 11.8 Å². The number of nitrogens with zero attached hydrogens (tertiary/aromatic N) is 2. The summed E-state index contributed by atoms with van der Waals surface area (Å²) in [5, 5.41) is 1.90. The van der Waals surface area contributed by atoms with E-state index in [0.717, 1.165) is 17.3 Å². The zero-order chi connectivity index (χ0) is 23.3. The smallest absolute Gasteiger partial charge is 0.337 e. The molecule has 0 saturated heterocycles. The van der Waals surface area contributed by atoms with Crippen molar-refractivity contribution >= 4 is 40.6 Å². The molecule has 32 heavy (non-hydrogen) atoms. The second kappa shape index (κ2) is 10.1. The maximum atomic E-state index is 13.3. The number of amides is 3. The van der Waals surface area contributed by atoms with Crippen LogP contribution in [-0.2, 0) is 22.5 Å². The molecule has 3 N–H and O–H groups in total. The lowest BCUT2D eigenvalue weighted by atomic mass is 10.1. The third kappa shape index (κ3) is 5.33. The van der Waals surface area contributed by atoms with Gasteiger partial charge >= 0.3 is 12.0 Å². The van der Waals surface area contributed by atoms with Gasteiger partial charge in [-0.2, -0.15) is 0 Å². The topological polar surface area (TPSA) is 133 Å². The summed E-state index contributed by atoms with van der Waals surface area (Å²) in [6.07, 6.45) is 0.573. The van der Waals surface area contributed by atoms with Gasteiger partial charge in [0.25, 0.3) is 5.56 Å². The standard InChI is InChI=1S/C22H22N4O5S/c1-13(18(27)25-21(23)30)32-22-24-17-12-15(20(29)31-2)8-9-16(17)19(28)26(22)11-10-14-6-4-3-5-7-14/h3-9,12-13H,10-11H2,1-2H3,(H3,23,25,27,30). The second-order valence-corrected chi connectivity index (χ2v) is 8.23. The molecule has 166 valence electrons. The van der Waals surface area contributed by atoms with Crippen LogP contribution < -0.4 is 16.6 Å². The molecule has 1 atom stereocenters. The van der Waals surface area contributed by atoms with Crippen molar-refractivity contribution in [3.05, 3.63) is 70.0 Å². The van der Waals surface area contributed by atoms with E-state index in [9.17, 15) is 19.2 Å². The van der Waals surface area contributed by atoms with Crippen LogP contribution in [0.2, 0.25) is 0 Å². The molecule has 0 fully saturated rings. The molecule has 0 aliphatic heterocycles. The van der Waals surface area contributed by atoms with Gasteiger partial charge in [-0.1, -0.05) is 42.1 Å². The number of methoxy groups -OCH3 is 1. The van der Waals surface area contributed by atoms with Gasteiger partial charge < -0.3 is 10.5 Å². The van der Waals surface area contributed by atoms with Gasteiger partial charge in [-0.25, -0.2) is 14.6 Å². The van der Waals surface area contributed by atoms with Gasteiger partial charge in [0.05, 0.1) is 28.8 Å². The van der Waals surface area contributed by atoms with Crippen molar-refractivity contribution in [2.45, 2.75) is 30.3 Å². The predicted octanol–water partition coefficient (Wildman–Crippen LogP) is 2.10. The minimum absolute atomic E-state index is 0.254. The number of rotatable bonds is 7. The number of nitrogens with two attached hydrogens (primary N) is 1. The number of carbonyl (C=O) groups is 3. The van der Waals surface area contributed by atoms with Gasteiger partial charge in [-0.15, -0.1) is 0 Å². The first-order chi connectivity index (χ1) is 15.3. The van der Waals surface area contributed by atoms with Crippen molar-refractivity contribution in [1.82, 2.24) is 14.9 Å². The van der Waals surface area contributed by atoms with Gasteiger partial charge in [0.2, 0.25) is 5.91 Å². The van der Waals surface area contributed by atoms with Crippen LogP contribution in [0.1, 0.15) is 22.8 Å². The number of fused-ring (bicyclic) bond motifs is 1. The van der Waals surface area contributed by atoms with Crippen LogP contribution in [0.15, 0.2) is 58.5 Å². The SMILES string of the molecule is COC(=O)c1ccc2c(=O)n(CCc3ccccc3)c(SC(C)C(=O)NC(N)=O)nc2c1. The van der Waals surface area contributed by atoms with Gasteiger partial charge in [0.1, 0.15) is 0 Å². The molecule has 0 aliphatic rings. The lowest BCUT2D eigenvalue weighted by Gasteiger charge is -2.16. The Hall–Kier alpha value is -3.66. The number of hydrogen-bond acceptors (Lipinski definition) is 7. The summed E-state index contributed by atoms with van der Waals surface area (Å²) in [4.78, 5) is 52.9. The van der Waals surface area contributed by atoms with Gasteiger partial charge in [0.15, 0.2) is 5.16 Å². The number of nitrogens with one attached hydrogen (secondary N) is 1. The molecule has 3 aromatic rings. The Bertz CT molecular complexity index is 1230. The average molecular weight is 455 g/mol. The Labute approximate surface area is 188 Å². The fourth-order valence-electron chi connectivity index (χ4n) is 3.05. The molecule has 0 bridgehead atoms. The number of hydrogen-bond donors (Lipinski definition) is 2.